The molecule has 0 radical (unpaired) electrons. The molecular weight excluding hydrogens is 924 g/mol. The van der Waals surface area contributed by atoms with E-state index in [1.54, 1.807) is 0 Å². The highest BCUT2D eigenvalue weighted by Gasteiger charge is 2.28. The highest BCUT2D eigenvalue weighted by atomic mass is 31.2. The van der Waals surface area contributed by atoms with E-state index in [4.69, 9.17) is 9.05 Å². The summed E-state index contributed by atoms with van der Waals surface area (Å²) in [7, 11) is 1.62. The fourth-order valence-corrected chi connectivity index (χ4v) is 9.67. The van der Waals surface area contributed by atoms with Gasteiger partial charge in [-0.2, -0.15) is 0 Å². The maximum atomic E-state index is 13.0. The first-order chi connectivity index (χ1) is 35.5. The summed E-state index contributed by atoms with van der Waals surface area (Å²) in [6.45, 7) is 4.80. The van der Waals surface area contributed by atoms with Gasteiger partial charge >= 0.3 is 7.82 Å². The van der Waals surface area contributed by atoms with Gasteiger partial charge in [0.05, 0.1) is 39.9 Å². The number of likely N-dealkylation sites (N-methyl/N-ethyl adjacent to an activating group) is 1. The maximum absolute atomic E-state index is 13.0. The van der Waals surface area contributed by atoms with Gasteiger partial charge in [0.25, 0.3) is 0 Å². The van der Waals surface area contributed by atoms with Gasteiger partial charge in [-0.05, 0) is 64.2 Å². The van der Waals surface area contributed by atoms with Crippen LogP contribution in [0.2, 0.25) is 0 Å². The topological polar surface area (TPSA) is 105 Å². The molecule has 0 aromatic heterocycles. The number of quaternary nitrogens is 1. The van der Waals surface area contributed by atoms with Crippen molar-refractivity contribution in [3.8, 4) is 0 Å². The van der Waals surface area contributed by atoms with E-state index in [0.29, 0.717) is 23.9 Å². The Kier molecular flexibility index (Phi) is 53.2. The summed E-state index contributed by atoms with van der Waals surface area (Å²) in [5.74, 6) is -0.143. The molecule has 3 atom stereocenters. The van der Waals surface area contributed by atoms with Crippen LogP contribution >= 0.6 is 7.82 Å². The number of rotatable bonds is 56. The Labute approximate surface area is 453 Å². The molecule has 0 heterocycles. The van der Waals surface area contributed by atoms with Crippen molar-refractivity contribution in [2.24, 2.45) is 0 Å². The molecule has 1 amide bonds. The van der Waals surface area contributed by atoms with Crippen LogP contribution in [-0.4, -0.2) is 73.4 Å². The Hall–Kier alpha value is -2.06. The Balaban J connectivity index is 4.02. The van der Waals surface area contributed by atoms with Crippen LogP contribution in [-0.2, 0) is 18.4 Å². The van der Waals surface area contributed by atoms with Crippen LogP contribution in [0.15, 0.2) is 72.9 Å². The first-order valence-corrected chi connectivity index (χ1v) is 32.3. The molecule has 0 rings (SSSR count). The first kappa shape index (κ1) is 70.9. The number of allylic oxidation sites excluding steroid dienone is 12. The van der Waals surface area contributed by atoms with E-state index in [-0.39, 0.29) is 19.1 Å². The van der Waals surface area contributed by atoms with Gasteiger partial charge in [0.1, 0.15) is 13.2 Å². The van der Waals surface area contributed by atoms with E-state index in [0.717, 1.165) is 77.0 Å². The first-order valence-electron chi connectivity index (χ1n) is 30.8. The van der Waals surface area contributed by atoms with Crippen molar-refractivity contribution in [3.05, 3.63) is 72.9 Å². The molecule has 3 N–H and O–H groups in total. The highest BCUT2D eigenvalue weighted by molar-refractivity contribution is 7.47. The Morgan fingerprint density at radius 1 is 0.479 bits per heavy atom. The zero-order chi connectivity index (χ0) is 53.5. The van der Waals surface area contributed by atoms with E-state index in [2.05, 4.69) is 92.1 Å². The van der Waals surface area contributed by atoms with E-state index in [1.807, 2.05) is 21.1 Å². The number of aliphatic hydroxyl groups is 1. The van der Waals surface area contributed by atoms with Crippen molar-refractivity contribution >= 4 is 13.7 Å². The summed E-state index contributed by atoms with van der Waals surface area (Å²) in [6.07, 6.45) is 75.4. The van der Waals surface area contributed by atoms with Crippen molar-refractivity contribution in [2.45, 2.75) is 289 Å². The maximum Gasteiger partial charge on any atom is 0.472 e. The van der Waals surface area contributed by atoms with Crippen molar-refractivity contribution in [1.82, 2.24) is 5.32 Å². The Morgan fingerprint density at radius 2 is 0.822 bits per heavy atom. The molecule has 0 aliphatic rings. The third-order valence-corrected chi connectivity index (χ3v) is 14.7. The number of aliphatic hydroxyl groups excluding tert-OH is 1. The van der Waals surface area contributed by atoms with Crippen molar-refractivity contribution in [2.75, 3.05) is 40.9 Å². The predicted octanol–water partition coefficient (Wildman–Crippen LogP) is 19.0. The standard InChI is InChI=1S/C64H119N2O6P/c1-6-8-10-12-14-16-18-20-22-24-25-26-27-28-29-30-31-32-33-34-35-36-37-38-39-40-41-42-44-46-48-50-52-54-56-58-64(68)65-62(61-72-73(69,70)71-60-59-66(3,4)5)63(67)57-55-53-51-49-47-45-43-23-21-19-17-15-13-11-9-7-2/h8,10,14,16,20,22,25-26,28-29,31-32,62-63,67H,6-7,9,11-13,15,17-19,21,23-24,27,30,33-61H2,1-5H3,(H-,65,68,69,70)/p+1/b10-8-,16-14-,22-20-,26-25-,29-28-,32-31-. The average Bonchev–Trinajstić information content (AvgIpc) is 3.35. The largest absolute Gasteiger partial charge is 0.472 e. The lowest BCUT2D eigenvalue weighted by molar-refractivity contribution is -0.870. The minimum Gasteiger partial charge on any atom is -0.391 e. The van der Waals surface area contributed by atoms with Crippen LogP contribution < -0.4 is 5.32 Å². The zero-order valence-corrected chi connectivity index (χ0v) is 49.5. The van der Waals surface area contributed by atoms with Crippen LogP contribution in [0.25, 0.3) is 0 Å². The summed E-state index contributed by atoms with van der Waals surface area (Å²) in [5, 5.41) is 14.1. The lowest BCUT2D eigenvalue weighted by Crippen LogP contribution is -2.46. The summed E-state index contributed by atoms with van der Waals surface area (Å²) in [5.41, 5.74) is 0. The number of carbonyl (C=O) groups is 1. The van der Waals surface area contributed by atoms with Crippen molar-refractivity contribution in [1.29, 1.82) is 0 Å². The quantitative estimate of drug-likeness (QED) is 0.0243. The number of amides is 1. The third-order valence-electron chi connectivity index (χ3n) is 13.7. The number of nitrogens with zero attached hydrogens (tertiary/aromatic N) is 1. The molecule has 0 saturated heterocycles. The van der Waals surface area contributed by atoms with Crippen molar-refractivity contribution < 1.29 is 32.9 Å². The van der Waals surface area contributed by atoms with Gasteiger partial charge in [0.2, 0.25) is 5.91 Å². The van der Waals surface area contributed by atoms with Gasteiger partial charge in [-0.1, -0.05) is 279 Å². The molecule has 3 unspecified atom stereocenters. The number of unbranched alkanes of at least 4 members (excludes halogenated alkanes) is 31. The molecule has 0 aliphatic carbocycles. The second-order valence-corrected chi connectivity index (χ2v) is 23.5. The van der Waals surface area contributed by atoms with Crippen LogP contribution in [0.5, 0.6) is 0 Å². The number of phosphoric acid groups is 1. The Bertz CT molecular complexity index is 1420. The third kappa shape index (κ3) is 57.5. The molecule has 0 aliphatic heterocycles. The van der Waals surface area contributed by atoms with Gasteiger partial charge in [-0.15, -0.1) is 0 Å². The summed E-state index contributed by atoms with van der Waals surface area (Å²) in [4.78, 5) is 23.4. The number of carbonyl (C=O) groups excluding carboxylic acids is 1. The minimum atomic E-state index is -4.32. The van der Waals surface area contributed by atoms with E-state index < -0.39 is 20.0 Å². The molecule has 0 saturated carbocycles. The molecule has 0 aromatic carbocycles. The SMILES string of the molecule is CC/C=C\C/C=C\C/C=C\C/C=C\C/C=C\C/C=C\CCCCCCCCCCCCCCCCCCC(=O)NC(COP(=O)(O)OCC[N+](C)(C)C)C(O)CCCCCCCCCCCCCCCCCC. The fraction of sp³-hybridized carbons (Fsp3) is 0.797. The number of hydrogen-bond donors (Lipinski definition) is 3. The molecule has 0 fully saturated rings. The monoisotopic (exact) mass is 1040 g/mol. The lowest BCUT2D eigenvalue weighted by atomic mass is 10.0. The van der Waals surface area contributed by atoms with Crippen LogP contribution in [0, 0.1) is 0 Å². The highest BCUT2D eigenvalue weighted by Crippen LogP contribution is 2.43. The van der Waals surface area contributed by atoms with E-state index in [9.17, 15) is 19.4 Å². The molecule has 8 nitrogen and oxygen atoms in total. The average molecular weight is 1040 g/mol. The molecule has 9 heteroatoms. The molecular formula is C64H120N2O6P+. The number of nitrogens with one attached hydrogen (secondary N) is 1. The van der Waals surface area contributed by atoms with Crippen LogP contribution in [0.3, 0.4) is 0 Å². The number of hydrogen-bond acceptors (Lipinski definition) is 5. The lowest BCUT2D eigenvalue weighted by Gasteiger charge is -2.26. The summed E-state index contributed by atoms with van der Waals surface area (Å²) >= 11 is 0. The van der Waals surface area contributed by atoms with Gasteiger partial charge in [-0.25, -0.2) is 4.57 Å². The van der Waals surface area contributed by atoms with Gasteiger partial charge < -0.3 is 19.8 Å². The molecule has 73 heavy (non-hydrogen) atoms. The second kappa shape index (κ2) is 54.7. The molecule has 0 spiro atoms. The minimum absolute atomic E-state index is 0.0739. The van der Waals surface area contributed by atoms with E-state index >= 15 is 0 Å². The summed E-state index contributed by atoms with van der Waals surface area (Å²) in [6, 6.07) is -0.763. The Morgan fingerprint density at radius 3 is 1.21 bits per heavy atom. The van der Waals surface area contributed by atoms with Crippen molar-refractivity contribution in [3.63, 3.8) is 0 Å². The fourth-order valence-electron chi connectivity index (χ4n) is 8.93. The zero-order valence-electron chi connectivity index (χ0n) is 48.6. The predicted molar refractivity (Wildman–Crippen MR) is 318 cm³/mol. The normalized spacial score (nSPS) is 14.3. The molecule has 0 aromatic rings. The number of phosphoric ester groups is 1. The molecule has 426 valence electrons. The second-order valence-electron chi connectivity index (χ2n) is 22.1. The van der Waals surface area contributed by atoms with Gasteiger partial charge in [0, 0.05) is 6.42 Å². The molecule has 0 bridgehead atoms. The smallest absolute Gasteiger partial charge is 0.391 e. The van der Waals surface area contributed by atoms with Gasteiger partial charge in [0.15, 0.2) is 0 Å². The van der Waals surface area contributed by atoms with E-state index in [1.165, 1.54) is 173 Å². The summed E-state index contributed by atoms with van der Waals surface area (Å²) < 4.78 is 23.8. The van der Waals surface area contributed by atoms with Crippen LogP contribution in [0.1, 0.15) is 277 Å². The van der Waals surface area contributed by atoms with Crippen LogP contribution in [0.4, 0.5) is 0 Å². The van der Waals surface area contributed by atoms with Gasteiger partial charge in [-0.3, -0.25) is 13.8 Å².